The number of guanidine groups is 1. The van der Waals surface area contributed by atoms with Gasteiger partial charge in [0.15, 0.2) is 11.8 Å². The third-order valence-electron chi connectivity index (χ3n) is 4.99. The molecule has 0 aliphatic heterocycles. The van der Waals surface area contributed by atoms with E-state index in [-0.39, 0.29) is 6.54 Å². The SMILES string of the molecule is Cc1nnc(CN=C(NCC(O)c2cc(Cl)cc(Cl)c2)NC2CCCC2)n1C. The van der Waals surface area contributed by atoms with Crippen LogP contribution in [0.5, 0.6) is 0 Å². The monoisotopic (exact) mass is 424 g/mol. The maximum Gasteiger partial charge on any atom is 0.192 e. The number of aliphatic hydroxyl groups excluding tert-OH is 1. The zero-order valence-electron chi connectivity index (χ0n) is 16.1. The van der Waals surface area contributed by atoms with Crippen LogP contribution < -0.4 is 10.6 Å². The van der Waals surface area contributed by atoms with Crippen molar-refractivity contribution in [3.8, 4) is 0 Å². The molecular formula is C19H26Cl2N6O. The van der Waals surface area contributed by atoms with Crippen molar-refractivity contribution >= 4 is 29.2 Å². The minimum atomic E-state index is -0.760. The second-order valence-electron chi connectivity index (χ2n) is 7.11. The molecule has 1 unspecified atom stereocenters. The summed E-state index contributed by atoms with van der Waals surface area (Å²) in [7, 11) is 1.92. The van der Waals surface area contributed by atoms with Crippen molar-refractivity contribution < 1.29 is 5.11 Å². The van der Waals surface area contributed by atoms with Crippen LogP contribution in [0.15, 0.2) is 23.2 Å². The van der Waals surface area contributed by atoms with Gasteiger partial charge in [0.1, 0.15) is 12.4 Å². The third kappa shape index (κ3) is 5.59. The maximum atomic E-state index is 10.5. The van der Waals surface area contributed by atoms with Gasteiger partial charge in [-0.1, -0.05) is 36.0 Å². The molecule has 2 aromatic rings. The summed E-state index contributed by atoms with van der Waals surface area (Å²) in [5, 5.41) is 26.4. The van der Waals surface area contributed by atoms with E-state index in [9.17, 15) is 5.11 Å². The lowest BCUT2D eigenvalue weighted by atomic mass is 10.1. The highest BCUT2D eigenvalue weighted by atomic mass is 35.5. The Balaban J connectivity index is 1.67. The fraction of sp³-hybridized carbons (Fsp3) is 0.526. The highest BCUT2D eigenvalue weighted by Crippen LogP contribution is 2.23. The van der Waals surface area contributed by atoms with Crippen molar-refractivity contribution in [1.82, 2.24) is 25.4 Å². The summed E-state index contributed by atoms with van der Waals surface area (Å²) in [5.41, 5.74) is 0.661. The Morgan fingerprint density at radius 1 is 1.25 bits per heavy atom. The molecular weight excluding hydrogens is 399 g/mol. The van der Waals surface area contributed by atoms with Gasteiger partial charge in [0, 0.05) is 29.7 Å². The summed E-state index contributed by atoms with van der Waals surface area (Å²) in [6, 6.07) is 5.46. The van der Waals surface area contributed by atoms with Gasteiger partial charge >= 0.3 is 0 Å². The number of halogens is 2. The molecule has 1 heterocycles. The van der Waals surface area contributed by atoms with Crippen LogP contribution in [0.3, 0.4) is 0 Å². The molecule has 0 saturated heterocycles. The molecule has 7 nitrogen and oxygen atoms in total. The van der Waals surface area contributed by atoms with E-state index < -0.39 is 6.10 Å². The normalized spacial score (nSPS) is 16.4. The van der Waals surface area contributed by atoms with Crippen LogP contribution in [0.25, 0.3) is 0 Å². The first-order chi connectivity index (χ1) is 13.4. The van der Waals surface area contributed by atoms with Crippen molar-refractivity contribution in [3.63, 3.8) is 0 Å². The number of nitrogens with one attached hydrogen (secondary N) is 2. The molecule has 1 aliphatic carbocycles. The van der Waals surface area contributed by atoms with Gasteiger partial charge in [0.2, 0.25) is 0 Å². The first-order valence-electron chi connectivity index (χ1n) is 9.46. The van der Waals surface area contributed by atoms with E-state index in [0.717, 1.165) is 24.5 Å². The van der Waals surface area contributed by atoms with Crippen LogP contribution >= 0.6 is 23.2 Å². The summed E-state index contributed by atoms with van der Waals surface area (Å²) in [6.07, 6.45) is 3.92. The van der Waals surface area contributed by atoms with Gasteiger partial charge in [-0.05, 0) is 43.5 Å². The van der Waals surface area contributed by atoms with Gasteiger partial charge in [0.25, 0.3) is 0 Å². The Hall–Kier alpha value is -1.83. The number of rotatable bonds is 6. The number of hydrogen-bond donors (Lipinski definition) is 3. The van der Waals surface area contributed by atoms with Gasteiger partial charge in [-0.25, -0.2) is 4.99 Å². The Bertz CT molecular complexity index is 812. The van der Waals surface area contributed by atoms with Crippen molar-refractivity contribution in [2.24, 2.45) is 12.0 Å². The van der Waals surface area contributed by atoms with Gasteiger partial charge < -0.3 is 20.3 Å². The Morgan fingerprint density at radius 2 is 1.93 bits per heavy atom. The van der Waals surface area contributed by atoms with Crippen LogP contribution in [0.4, 0.5) is 0 Å². The number of hydrogen-bond acceptors (Lipinski definition) is 4. The highest BCUT2D eigenvalue weighted by molar-refractivity contribution is 6.34. The predicted octanol–water partition coefficient (Wildman–Crippen LogP) is 3.14. The molecule has 152 valence electrons. The maximum absolute atomic E-state index is 10.5. The lowest BCUT2D eigenvalue weighted by molar-refractivity contribution is 0.180. The van der Waals surface area contributed by atoms with E-state index in [2.05, 4.69) is 25.8 Å². The molecule has 1 aromatic heterocycles. The minimum absolute atomic E-state index is 0.285. The van der Waals surface area contributed by atoms with E-state index >= 15 is 0 Å². The summed E-state index contributed by atoms with van der Waals surface area (Å²) < 4.78 is 1.92. The summed E-state index contributed by atoms with van der Waals surface area (Å²) in [4.78, 5) is 4.64. The Morgan fingerprint density at radius 3 is 2.54 bits per heavy atom. The second-order valence-corrected chi connectivity index (χ2v) is 7.99. The third-order valence-corrected chi connectivity index (χ3v) is 5.43. The van der Waals surface area contributed by atoms with Crippen LogP contribution in [-0.2, 0) is 13.6 Å². The van der Waals surface area contributed by atoms with Crippen LogP contribution in [0.2, 0.25) is 10.0 Å². The molecule has 3 rings (SSSR count). The lowest BCUT2D eigenvalue weighted by Crippen LogP contribution is -2.43. The fourth-order valence-electron chi connectivity index (χ4n) is 3.23. The van der Waals surface area contributed by atoms with E-state index in [0.29, 0.717) is 34.2 Å². The van der Waals surface area contributed by atoms with Crippen molar-refractivity contribution in [3.05, 3.63) is 45.5 Å². The second kappa shape index (κ2) is 9.58. The molecule has 1 aliphatic rings. The van der Waals surface area contributed by atoms with Crippen LogP contribution in [-0.4, -0.2) is 38.4 Å². The Labute approximate surface area is 175 Å². The lowest BCUT2D eigenvalue weighted by Gasteiger charge is -2.19. The molecule has 3 N–H and O–H groups in total. The fourth-order valence-corrected chi connectivity index (χ4v) is 3.78. The summed E-state index contributed by atoms with van der Waals surface area (Å²) >= 11 is 12.1. The smallest absolute Gasteiger partial charge is 0.192 e. The molecule has 1 atom stereocenters. The zero-order valence-corrected chi connectivity index (χ0v) is 17.6. The van der Waals surface area contributed by atoms with Crippen LogP contribution in [0.1, 0.15) is 49.0 Å². The quantitative estimate of drug-likeness (QED) is 0.489. The first kappa shape index (κ1) is 20.9. The molecule has 0 spiro atoms. The summed E-state index contributed by atoms with van der Waals surface area (Å²) in [6.45, 7) is 2.59. The molecule has 28 heavy (non-hydrogen) atoms. The number of nitrogens with zero attached hydrogens (tertiary/aromatic N) is 4. The molecule has 0 amide bonds. The number of benzene rings is 1. The summed E-state index contributed by atoms with van der Waals surface area (Å²) in [5.74, 6) is 2.28. The average Bonchev–Trinajstić information content (AvgIpc) is 3.27. The van der Waals surface area contributed by atoms with Gasteiger partial charge in [0.05, 0.1) is 6.10 Å². The zero-order chi connectivity index (χ0) is 20.1. The van der Waals surface area contributed by atoms with Crippen molar-refractivity contribution in [2.45, 2.75) is 51.3 Å². The van der Waals surface area contributed by atoms with Crippen molar-refractivity contribution in [1.29, 1.82) is 0 Å². The van der Waals surface area contributed by atoms with Gasteiger partial charge in [-0.2, -0.15) is 0 Å². The topological polar surface area (TPSA) is 87.4 Å². The largest absolute Gasteiger partial charge is 0.387 e. The first-order valence-corrected chi connectivity index (χ1v) is 10.2. The number of aliphatic imine (C=N–C) groups is 1. The van der Waals surface area contributed by atoms with E-state index in [1.54, 1.807) is 18.2 Å². The molecule has 0 bridgehead atoms. The molecule has 9 heteroatoms. The van der Waals surface area contributed by atoms with Gasteiger partial charge in [-0.3, -0.25) is 0 Å². The van der Waals surface area contributed by atoms with E-state index in [4.69, 9.17) is 23.2 Å². The minimum Gasteiger partial charge on any atom is -0.387 e. The molecule has 1 aromatic carbocycles. The average molecular weight is 425 g/mol. The van der Waals surface area contributed by atoms with Crippen LogP contribution in [0, 0.1) is 6.92 Å². The molecule has 1 saturated carbocycles. The molecule has 0 radical (unpaired) electrons. The predicted molar refractivity (Wildman–Crippen MR) is 112 cm³/mol. The Kier molecular flexibility index (Phi) is 7.15. The number of aromatic nitrogens is 3. The van der Waals surface area contributed by atoms with E-state index in [1.807, 2.05) is 18.5 Å². The van der Waals surface area contributed by atoms with Crippen molar-refractivity contribution in [2.75, 3.05) is 6.54 Å². The van der Waals surface area contributed by atoms with Gasteiger partial charge in [-0.15, -0.1) is 10.2 Å². The molecule has 1 fully saturated rings. The number of aryl methyl sites for hydroxylation is 1. The standard InChI is InChI=1S/C19H26Cl2N6O/c1-12-25-26-18(27(12)2)11-23-19(24-16-5-3-4-6-16)22-10-17(28)13-7-14(20)9-15(21)8-13/h7-9,16-17,28H,3-6,10-11H2,1-2H3,(H2,22,23,24). The van der Waals surface area contributed by atoms with E-state index in [1.165, 1.54) is 12.8 Å². The highest BCUT2D eigenvalue weighted by Gasteiger charge is 2.17. The number of aliphatic hydroxyl groups is 1.